The maximum Gasteiger partial charge on any atom is 0.303 e. The van der Waals surface area contributed by atoms with Crippen LogP contribution in [0.2, 0.25) is 0 Å². The average Bonchev–Trinajstić information content (AvgIpc) is 2.60. The molecule has 0 aliphatic heterocycles. The SMILES string of the molecule is CC/C=C\C/C=C\C[C@H](O)\C=C/C=C/C=C/[C@@H](O)CCCCCC(=O)O. The predicted molar refractivity (Wildman–Crippen MR) is 108 cm³/mol. The minimum Gasteiger partial charge on any atom is -0.481 e. The maximum atomic E-state index is 10.4. The molecule has 0 rings (SSSR count). The molecule has 26 heavy (non-hydrogen) atoms. The number of carboxylic acid groups (broad SMARTS) is 1. The standard InChI is InChI=1S/C22H34O4/c1-2-3-4-5-6-10-15-20(23)16-11-7-8-12-17-21(24)18-13-9-14-19-22(25)26/h3-4,6-8,10-12,16-17,20-21,23-24H,2,5,9,13-15,18-19H2,1H3,(H,25,26)/b4-3-,8-7+,10-6-,16-11-,17-12+/t20-,21+/m0/s1. The van der Waals surface area contributed by atoms with Crippen LogP contribution in [0, 0.1) is 0 Å². The van der Waals surface area contributed by atoms with Gasteiger partial charge in [-0.25, -0.2) is 0 Å². The second-order valence-corrected chi connectivity index (χ2v) is 6.10. The van der Waals surface area contributed by atoms with E-state index >= 15 is 0 Å². The molecular formula is C22H34O4. The molecule has 0 aromatic heterocycles. The Morgan fingerprint density at radius 1 is 0.846 bits per heavy atom. The first kappa shape index (κ1) is 24.1. The summed E-state index contributed by atoms with van der Waals surface area (Å²) < 4.78 is 0. The molecule has 0 bridgehead atoms. The van der Waals surface area contributed by atoms with E-state index in [-0.39, 0.29) is 6.42 Å². The first-order valence-electron chi connectivity index (χ1n) is 9.45. The van der Waals surface area contributed by atoms with Gasteiger partial charge in [-0.15, -0.1) is 0 Å². The van der Waals surface area contributed by atoms with Crippen molar-refractivity contribution in [1.29, 1.82) is 0 Å². The summed E-state index contributed by atoms with van der Waals surface area (Å²) >= 11 is 0. The summed E-state index contributed by atoms with van der Waals surface area (Å²) in [4.78, 5) is 10.4. The van der Waals surface area contributed by atoms with Gasteiger partial charge in [0.15, 0.2) is 0 Å². The number of hydrogen-bond donors (Lipinski definition) is 3. The Kier molecular flexibility index (Phi) is 16.6. The highest BCUT2D eigenvalue weighted by Gasteiger charge is 2.00. The van der Waals surface area contributed by atoms with E-state index in [0.29, 0.717) is 19.3 Å². The molecule has 0 saturated carbocycles. The van der Waals surface area contributed by atoms with E-state index in [4.69, 9.17) is 5.11 Å². The van der Waals surface area contributed by atoms with Crippen molar-refractivity contribution in [3.63, 3.8) is 0 Å². The van der Waals surface area contributed by atoms with Crippen LogP contribution in [0.4, 0.5) is 0 Å². The highest BCUT2D eigenvalue weighted by atomic mass is 16.4. The van der Waals surface area contributed by atoms with Gasteiger partial charge < -0.3 is 15.3 Å². The Hall–Kier alpha value is -1.91. The number of aliphatic hydroxyl groups excluding tert-OH is 2. The molecule has 0 saturated heterocycles. The van der Waals surface area contributed by atoms with Gasteiger partial charge in [-0.1, -0.05) is 80.5 Å². The number of aliphatic hydroxyl groups is 2. The van der Waals surface area contributed by atoms with Gasteiger partial charge in [0.2, 0.25) is 0 Å². The highest BCUT2D eigenvalue weighted by Crippen LogP contribution is 2.06. The van der Waals surface area contributed by atoms with E-state index in [9.17, 15) is 15.0 Å². The van der Waals surface area contributed by atoms with Crippen LogP contribution in [0.3, 0.4) is 0 Å². The lowest BCUT2D eigenvalue weighted by Gasteiger charge is -2.03. The Bertz CT molecular complexity index is 486. The number of allylic oxidation sites excluding steroid dienone is 7. The fourth-order valence-corrected chi connectivity index (χ4v) is 2.17. The smallest absolute Gasteiger partial charge is 0.303 e. The highest BCUT2D eigenvalue weighted by molar-refractivity contribution is 5.66. The van der Waals surface area contributed by atoms with Gasteiger partial charge in [0.05, 0.1) is 12.2 Å². The van der Waals surface area contributed by atoms with Gasteiger partial charge in [0, 0.05) is 6.42 Å². The van der Waals surface area contributed by atoms with E-state index in [2.05, 4.69) is 19.1 Å². The van der Waals surface area contributed by atoms with Gasteiger partial charge in [-0.05, 0) is 32.1 Å². The fraction of sp³-hybridized carbons (Fsp3) is 0.500. The largest absolute Gasteiger partial charge is 0.481 e. The number of aliphatic carboxylic acids is 1. The third-order valence-electron chi connectivity index (χ3n) is 3.61. The molecular weight excluding hydrogens is 328 g/mol. The Morgan fingerprint density at radius 3 is 2.15 bits per heavy atom. The van der Waals surface area contributed by atoms with Gasteiger partial charge in [0.1, 0.15) is 0 Å². The first-order valence-corrected chi connectivity index (χ1v) is 9.45. The van der Waals surface area contributed by atoms with Gasteiger partial charge in [0.25, 0.3) is 0 Å². The Balaban J connectivity index is 3.81. The molecule has 4 heteroatoms. The normalized spacial score (nSPS) is 15.2. The summed E-state index contributed by atoms with van der Waals surface area (Å²) in [6.45, 7) is 2.10. The number of carboxylic acids is 1. The van der Waals surface area contributed by atoms with E-state index in [1.807, 2.05) is 24.3 Å². The lowest BCUT2D eigenvalue weighted by atomic mass is 10.1. The van der Waals surface area contributed by atoms with Crippen LogP contribution in [0.25, 0.3) is 0 Å². The number of rotatable bonds is 15. The van der Waals surface area contributed by atoms with Gasteiger partial charge in [-0.2, -0.15) is 0 Å². The molecule has 0 spiro atoms. The zero-order chi connectivity index (χ0) is 19.5. The predicted octanol–water partition coefficient (Wildman–Crippen LogP) is 4.71. The van der Waals surface area contributed by atoms with Crippen LogP contribution in [-0.4, -0.2) is 33.5 Å². The quantitative estimate of drug-likeness (QED) is 0.224. The van der Waals surface area contributed by atoms with Crippen LogP contribution < -0.4 is 0 Å². The van der Waals surface area contributed by atoms with E-state index < -0.39 is 18.2 Å². The average molecular weight is 363 g/mol. The number of carbonyl (C=O) groups is 1. The zero-order valence-electron chi connectivity index (χ0n) is 15.8. The summed E-state index contributed by atoms with van der Waals surface area (Å²) in [5.74, 6) is -0.770. The summed E-state index contributed by atoms with van der Waals surface area (Å²) in [5, 5.41) is 28.1. The van der Waals surface area contributed by atoms with Crippen LogP contribution in [-0.2, 0) is 4.79 Å². The maximum absolute atomic E-state index is 10.4. The molecule has 0 aromatic carbocycles. The van der Waals surface area contributed by atoms with Crippen LogP contribution in [0.15, 0.2) is 60.8 Å². The second kappa shape index (κ2) is 17.9. The van der Waals surface area contributed by atoms with Crippen molar-refractivity contribution in [2.75, 3.05) is 0 Å². The summed E-state index contributed by atoms with van der Waals surface area (Å²) in [7, 11) is 0. The van der Waals surface area contributed by atoms with Crippen molar-refractivity contribution < 1.29 is 20.1 Å². The first-order chi connectivity index (χ1) is 12.6. The second-order valence-electron chi connectivity index (χ2n) is 6.10. The molecule has 0 aromatic rings. The molecule has 4 nitrogen and oxygen atoms in total. The molecule has 0 heterocycles. The molecule has 0 aliphatic rings. The van der Waals surface area contributed by atoms with Crippen molar-refractivity contribution in [2.45, 2.75) is 70.5 Å². The Morgan fingerprint density at radius 2 is 1.50 bits per heavy atom. The fourth-order valence-electron chi connectivity index (χ4n) is 2.17. The monoisotopic (exact) mass is 362 g/mol. The lowest BCUT2D eigenvalue weighted by Crippen LogP contribution is -2.01. The van der Waals surface area contributed by atoms with Crippen molar-refractivity contribution >= 4 is 5.97 Å². The molecule has 2 atom stereocenters. The van der Waals surface area contributed by atoms with Crippen molar-refractivity contribution in [3.8, 4) is 0 Å². The zero-order valence-corrected chi connectivity index (χ0v) is 15.8. The van der Waals surface area contributed by atoms with Gasteiger partial charge >= 0.3 is 5.97 Å². The molecule has 0 aliphatic carbocycles. The number of unbranched alkanes of at least 4 members (excludes halogenated alkanes) is 2. The molecule has 3 N–H and O–H groups in total. The van der Waals surface area contributed by atoms with Crippen molar-refractivity contribution in [1.82, 2.24) is 0 Å². The van der Waals surface area contributed by atoms with Crippen molar-refractivity contribution in [2.24, 2.45) is 0 Å². The van der Waals surface area contributed by atoms with Crippen LogP contribution >= 0.6 is 0 Å². The summed E-state index contributed by atoms with van der Waals surface area (Å²) in [5.41, 5.74) is 0. The topological polar surface area (TPSA) is 77.8 Å². The molecule has 0 radical (unpaired) electrons. The lowest BCUT2D eigenvalue weighted by molar-refractivity contribution is -0.137. The van der Waals surface area contributed by atoms with Crippen LogP contribution in [0.5, 0.6) is 0 Å². The van der Waals surface area contributed by atoms with E-state index in [1.54, 1.807) is 24.3 Å². The van der Waals surface area contributed by atoms with Crippen LogP contribution in [0.1, 0.15) is 58.3 Å². The summed E-state index contributed by atoms with van der Waals surface area (Å²) in [6, 6.07) is 0. The Labute approximate surface area is 157 Å². The van der Waals surface area contributed by atoms with E-state index in [1.165, 1.54) is 0 Å². The number of hydrogen-bond acceptors (Lipinski definition) is 3. The van der Waals surface area contributed by atoms with Gasteiger partial charge in [-0.3, -0.25) is 4.79 Å². The summed E-state index contributed by atoms with van der Waals surface area (Å²) in [6.07, 6.45) is 23.5. The molecule has 0 amide bonds. The van der Waals surface area contributed by atoms with E-state index in [0.717, 1.165) is 25.7 Å². The van der Waals surface area contributed by atoms with Crippen molar-refractivity contribution in [3.05, 3.63) is 60.8 Å². The molecule has 0 fully saturated rings. The molecule has 146 valence electrons. The minimum atomic E-state index is -0.770. The third kappa shape index (κ3) is 18.4. The minimum absolute atomic E-state index is 0.193. The third-order valence-corrected chi connectivity index (χ3v) is 3.61. The molecule has 0 unspecified atom stereocenters.